The highest BCUT2D eigenvalue weighted by molar-refractivity contribution is 5.80. The normalized spacial score (nSPS) is 19.6. The Hall–Kier alpha value is -1.59. The molecule has 0 bridgehead atoms. The summed E-state index contributed by atoms with van der Waals surface area (Å²) in [6.45, 7) is 8.51. The van der Waals surface area contributed by atoms with Gasteiger partial charge in [0.25, 0.3) is 0 Å². The number of nitrogens with zero attached hydrogens (tertiary/aromatic N) is 2. The summed E-state index contributed by atoms with van der Waals surface area (Å²) in [7, 11) is 0. The maximum absolute atomic E-state index is 5.39. The van der Waals surface area contributed by atoms with Crippen LogP contribution in [-0.2, 0) is 17.8 Å². The standard InChI is InChI=1S/C18H28N4O/c1-2-19-18(21-17-7-8-17)20-13-15-3-5-16(6-4-15)14-22-9-11-23-12-10-22/h3-6,17H,2,7-14H2,1H3,(H2,19,20,21). The van der Waals surface area contributed by atoms with Crippen LogP contribution in [0.1, 0.15) is 30.9 Å². The second kappa shape index (κ2) is 8.31. The SMILES string of the molecule is CCNC(=NCc1ccc(CN2CCOCC2)cc1)NC1CC1. The highest BCUT2D eigenvalue weighted by Crippen LogP contribution is 2.18. The summed E-state index contributed by atoms with van der Waals surface area (Å²) in [5, 5.41) is 6.76. The lowest BCUT2D eigenvalue weighted by atomic mass is 10.1. The summed E-state index contributed by atoms with van der Waals surface area (Å²) in [5.41, 5.74) is 2.62. The average Bonchev–Trinajstić information content (AvgIpc) is 3.39. The molecule has 1 saturated carbocycles. The summed E-state index contributed by atoms with van der Waals surface area (Å²) in [6, 6.07) is 9.46. The van der Waals surface area contributed by atoms with Crippen LogP contribution in [0.15, 0.2) is 29.3 Å². The number of hydrogen-bond donors (Lipinski definition) is 2. The van der Waals surface area contributed by atoms with Gasteiger partial charge in [-0.1, -0.05) is 24.3 Å². The van der Waals surface area contributed by atoms with Crippen molar-refractivity contribution in [2.45, 2.75) is 38.9 Å². The fourth-order valence-electron chi connectivity index (χ4n) is 2.68. The van der Waals surface area contributed by atoms with E-state index in [1.54, 1.807) is 0 Å². The number of benzene rings is 1. The molecule has 5 nitrogen and oxygen atoms in total. The van der Waals surface area contributed by atoms with Gasteiger partial charge in [-0.2, -0.15) is 0 Å². The third-order valence-electron chi connectivity index (χ3n) is 4.22. The van der Waals surface area contributed by atoms with Crippen molar-refractivity contribution >= 4 is 5.96 Å². The van der Waals surface area contributed by atoms with Gasteiger partial charge in [0.1, 0.15) is 0 Å². The van der Waals surface area contributed by atoms with Gasteiger partial charge >= 0.3 is 0 Å². The van der Waals surface area contributed by atoms with Crippen LogP contribution in [0, 0.1) is 0 Å². The number of guanidine groups is 1. The van der Waals surface area contributed by atoms with Crippen molar-refractivity contribution < 1.29 is 4.74 Å². The minimum Gasteiger partial charge on any atom is -0.379 e. The van der Waals surface area contributed by atoms with E-state index in [0.29, 0.717) is 6.04 Å². The monoisotopic (exact) mass is 316 g/mol. The predicted octanol–water partition coefficient (Wildman–Crippen LogP) is 1.74. The highest BCUT2D eigenvalue weighted by Gasteiger charge is 2.22. The van der Waals surface area contributed by atoms with E-state index >= 15 is 0 Å². The summed E-state index contributed by atoms with van der Waals surface area (Å²) < 4.78 is 5.39. The molecule has 1 heterocycles. The molecule has 5 heteroatoms. The number of aliphatic imine (C=N–C) groups is 1. The molecule has 2 fully saturated rings. The molecular weight excluding hydrogens is 288 g/mol. The predicted molar refractivity (Wildman–Crippen MR) is 93.5 cm³/mol. The topological polar surface area (TPSA) is 48.9 Å². The maximum atomic E-state index is 5.39. The quantitative estimate of drug-likeness (QED) is 0.620. The smallest absolute Gasteiger partial charge is 0.191 e. The Morgan fingerprint density at radius 1 is 1.17 bits per heavy atom. The molecular formula is C18H28N4O. The van der Waals surface area contributed by atoms with Gasteiger partial charge in [0.2, 0.25) is 0 Å². The molecule has 1 aromatic rings. The number of nitrogens with one attached hydrogen (secondary N) is 2. The van der Waals surface area contributed by atoms with Crippen LogP contribution >= 0.6 is 0 Å². The minimum atomic E-state index is 0.628. The first-order chi connectivity index (χ1) is 11.3. The van der Waals surface area contributed by atoms with E-state index in [4.69, 9.17) is 4.74 Å². The third-order valence-corrected chi connectivity index (χ3v) is 4.22. The van der Waals surface area contributed by atoms with Crippen LogP contribution in [0.4, 0.5) is 0 Å². The Kier molecular flexibility index (Phi) is 5.88. The first kappa shape index (κ1) is 16.3. The zero-order chi connectivity index (χ0) is 15.9. The van der Waals surface area contributed by atoms with Gasteiger partial charge < -0.3 is 15.4 Å². The van der Waals surface area contributed by atoms with Crippen LogP contribution < -0.4 is 10.6 Å². The lowest BCUT2D eigenvalue weighted by molar-refractivity contribution is 0.0342. The Balaban J connectivity index is 1.51. The average molecular weight is 316 g/mol. The van der Waals surface area contributed by atoms with Crippen molar-refractivity contribution in [1.82, 2.24) is 15.5 Å². The van der Waals surface area contributed by atoms with E-state index in [-0.39, 0.29) is 0 Å². The molecule has 3 rings (SSSR count). The fourth-order valence-corrected chi connectivity index (χ4v) is 2.68. The Labute approximate surface area is 139 Å². The van der Waals surface area contributed by atoms with E-state index in [1.165, 1.54) is 24.0 Å². The van der Waals surface area contributed by atoms with Crippen LogP contribution in [-0.4, -0.2) is 49.7 Å². The van der Waals surface area contributed by atoms with Gasteiger partial charge in [0.15, 0.2) is 5.96 Å². The van der Waals surface area contributed by atoms with E-state index in [1.807, 2.05) is 0 Å². The fraction of sp³-hybridized carbons (Fsp3) is 0.611. The van der Waals surface area contributed by atoms with Crippen LogP contribution in [0.3, 0.4) is 0 Å². The Bertz CT molecular complexity index is 504. The van der Waals surface area contributed by atoms with Crippen molar-refractivity contribution in [3.63, 3.8) is 0 Å². The summed E-state index contributed by atoms with van der Waals surface area (Å²) in [5.74, 6) is 0.937. The molecule has 1 aliphatic carbocycles. The number of morpholine rings is 1. The van der Waals surface area contributed by atoms with Gasteiger partial charge in [-0.3, -0.25) is 4.90 Å². The van der Waals surface area contributed by atoms with Gasteiger partial charge in [-0.25, -0.2) is 4.99 Å². The van der Waals surface area contributed by atoms with Gasteiger partial charge in [0, 0.05) is 32.2 Å². The third kappa shape index (κ3) is 5.52. The van der Waals surface area contributed by atoms with E-state index < -0.39 is 0 Å². The molecule has 2 aliphatic rings. The first-order valence-corrected chi connectivity index (χ1v) is 8.76. The van der Waals surface area contributed by atoms with E-state index in [9.17, 15) is 0 Å². The largest absolute Gasteiger partial charge is 0.379 e. The zero-order valence-corrected chi connectivity index (χ0v) is 14.1. The van der Waals surface area contributed by atoms with Crippen molar-refractivity contribution in [3.8, 4) is 0 Å². The van der Waals surface area contributed by atoms with Gasteiger partial charge in [0.05, 0.1) is 19.8 Å². The molecule has 0 amide bonds. The molecule has 0 atom stereocenters. The second-order valence-corrected chi connectivity index (χ2v) is 6.32. The molecule has 0 aromatic heterocycles. The van der Waals surface area contributed by atoms with Crippen LogP contribution in [0.2, 0.25) is 0 Å². The number of rotatable bonds is 6. The van der Waals surface area contributed by atoms with E-state index in [0.717, 1.165) is 51.9 Å². The number of hydrogen-bond acceptors (Lipinski definition) is 3. The van der Waals surface area contributed by atoms with Crippen molar-refractivity contribution in [3.05, 3.63) is 35.4 Å². The Morgan fingerprint density at radius 3 is 2.52 bits per heavy atom. The minimum absolute atomic E-state index is 0.628. The van der Waals surface area contributed by atoms with Gasteiger partial charge in [-0.15, -0.1) is 0 Å². The van der Waals surface area contributed by atoms with Crippen molar-refractivity contribution in [2.24, 2.45) is 4.99 Å². The molecule has 126 valence electrons. The molecule has 0 radical (unpaired) electrons. The molecule has 23 heavy (non-hydrogen) atoms. The van der Waals surface area contributed by atoms with Crippen molar-refractivity contribution in [2.75, 3.05) is 32.8 Å². The molecule has 0 spiro atoms. The summed E-state index contributed by atoms with van der Waals surface area (Å²) in [6.07, 6.45) is 2.53. The number of ether oxygens (including phenoxy) is 1. The van der Waals surface area contributed by atoms with E-state index in [2.05, 4.69) is 51.7 Å². The van der Waals surface area contributed by atoms with Crippen LogP contribution in [0.25, 0.3) is 0 Å². The highest BCUT2D eigenvalue weighted by atomic mass is 16.5. The first-order valence-electron chi connectivity index (χ1n) is 8.76. The Morgan fingerprint density at radius 2 is 1.87 bits per heavy atom. The molecule has 1 aromatic carbocycles. The maximum Gasteiger partial charge on any atom is 0.191 e. The summed E-state index contributed by atoms with van der Waals surface area (Å²) in [4.78, 5) is 7.12. The molecule has 0 unspecified atom stereocenters. The molecule has 1 saturated heterocycles. The lowest BCUT2D eigenvalue weighted by Crippen LogP contribution is -2.38. The van der Waals surface area contributed by atoms with Crippen LogP contribution in [0.5, 0.6) is 0 Å². The van der Waals surface area contributed by atoms with Gasteiger partial charge in [-0.05, 0) is 30.9 Å². The summed E-state index contributed by atoms with van der Waals surface area (Å²) >= 11 is 0. The molecule has 2 N–H and O–H groups in total. The lowest BCUT2D eigenvalue weighted by Gasteiger charge is -2.26. The second-order valence-electron chi connectivity index (χ2n) is 6.32. The zero-order valence-electron chi connectivity index (χ0n) is 14.1. The van der Waals surface area contributed by atoms with Crippen molar-refractivity contribution in [1.29, 1.82) is 0 Å². The molecule has 1 aliphatic heterocycles.